The number of Topliss-reactive ketones (excluding diaryl/α,β-unsaturated/α-hetero) is 1. The number of allylic oxidation sites excluding steroid dienone is 1. The molecule has 23 heavy (non-hydrogen) atoms. The van der Waals surface area contributed by atoms with Crippen molar-refractivity contribution >= 4 is 46.7 Å². The molecule has 4 nitrogen and oxygen atoms in total. The van der Waals surface area contributed by atoms with Gasteiger partial charge in [-0.3, -0.25) is 4.79 Å². The summed E-state index contributed by atoms with van der Waals surface area (Å²) in [4.78, 5) is 12.4. The lowest BCUT2D eigenvalue weighted by Crippen LogP contribution is -1.98. The molecular weight excluding hydrogens is 363 g/mol. The number of phenols is 1. The van der Waals surface area contributed by atoms with E-state index in [1.54, 1.807) is 6.07 Å². The lowest BCUT2D eigenvalue weighted by Gasteiger charge is -2.07. The van der Waals surface area contributed by atoms with Crippen molar-refractivity contribution in [3.05, 3.63) is 56.2 Å². The lowest BCUT2D eigenvalue weighted by molar-refractivity contribution is 0.101. The van der Waals surface area contributed by atoms with Crippen LogP contribution in [0.25, 0.3) is 6.08 Å². The number of rotatable bonds is 2. The van der Waals surface area contributed by atoms with Gasteiger partial charge in [-0.25, -0.2) is 0 Å². The largest absolute Gasteiger partial charge is 0.503 e. The van der Waals surface area contributed by atoms with Gasteiger partial charge in [0.05, 0.1) is 27.7 Å². The van der Waals surface area contributed by atoms with Crippen LogP contribution < -0.4 is 9.47 Å². The zero-order valence-electron chi connectivity index (χ0n) is 11.7. The Bertz CT molecular complexity index is 859. The molecule has 7 heteroatoms. The molecule has 3 rings (SSSR count). The van der Waals surface area contributed by atoms with Crippen molar-refractivity contribution in [1.29, 1.82) is 0 Å². The molecule has 1 aliphatic heterocycles. The van der Waals surface area contributed by atoms with Crippen molar-refractivity contribution in [1.82, 2.24) is 0 Å². The van der Waals surface area contributed by atoms with Gasteiger partial charge >= 0.3 is 0 Å². The number of aromatic hydroxyl groups is 1. The first-order valence-electron chi connectivity index (χ1n) is 6.41. The number of benzene rings is 2. The Morgan fingerprint density at radius 3 is 2.48 bits per heavy atom. The van der Waals surface area contributed by atoms with Crippen LogP contribution in [0.2, 0.25) is 15.1 Å². The SMILES string of the molecule is COc1cc(C=C2Oc3c(Cl)ccc(Cl)c3C2=O)cc(Cl)c1O. The molecule has 0 aromatic heterocycles. The van der Waals surface area contributed by atoms with Crippen LogP contribution in [0.15, 0.2) is 30.0 Å². The van der Waals surface area contributed by atoms with Crippen molar-refractivity contribution in [3.8, 4) is 17.2 Å². The van der Waals surface area contributed by atoms with E-state index in [9.17, 15) is 9.90 Å². The average molecular weight is 372 g/mol. The predicted molar refractivity (Wildman–Crippen MR) is 89.1 cm³/mol. The summed E-state index contributed by atoms with van der Waals surface area (Å²) in [5, 5.41) is 10.4. The van der Waals surface area contributed by atoms with E-state index in [4.69, 9.17) is 44.3 Å². The van der Waals surface area contributed by atoms with Crippen LogP contribution in [0, 0.1) is 0 Å². The van der Waals surface area contributed by atoms with Gasteiger partial charge in [0.2, 0.25) is 5.78 Å². The molecule has 1 N–H and O–H groups in total. The van der Waals surface area contributed by atoms with E-state index in [0.29, 0.717) is 10.6 Å². The van der Waals surface area contributed by atoms with E-state index in [1.165, 1.54) is 31.4 Å². The topological polar surface area (TPSA) is 55.8 Å². The number of carbonyl (C=O) groups is 1. The van der Waals surface area contributed by atoms with Crippen LogP contribution >= 0.6 is 34.8 Å². The second-order valence-electron chi connectivity index (χ2n) is 4.73. The lowest BCUT2D eigenvalue weighted by atomic mass is 10.1. The fourth-order valence-corrected chi connectivity index (χ4v) is 2.85. The molecule has 0 unspecified atom stereocenters. The number of hydrogen-bond donors (Lipinski definition) is 1. The summed E-state index contributed by atoms with van der Waals surface area (Å²) < 4.78 is 10.6. The Kier molecular flexibility index (Phi) is 4.15. The van der Waals surface area contributed by atoms with Crippen molar-refractivity contribution < 1.29 is 19.4 Å². The maximum atomic E-state index is 12.4. The van der Waals surface area contributed by atoms with Gasteiger partial charge in [-0.05, 0) is 35.9 Å². The Hall–Kier alpha value is -1.88. The average Bonchev–Trinajstić information content (AvgIpc) is 2.85. The molecule has 0 atom stereocenters. The second-order valence-corrected chi connectivity index (χ2v) is 5.95. The standard InChI is InChI=1S/C16H9Cl3O4/c1-22-11-5-7(4-10(19)14(11)20)6-12-15(21)13-8(17)2-3-9(18)16(13)23-12/h2-6,20H,1H3. The van der Waals surface area contributed by atoms with Gasteiger partial charge in [-0.1, -0.05) is 34.8 Å². The first-order chi connectivity index (χ1) is 10.9. The third kappa shape index (κ3) is 2.74. The molecule has 0 fully saturated rings. The van der Waals surface area contributed by atoms with Crippen LogP contribution in [0.5, 0.6) is 17.2 Å². The number of ketones is 1. The van der Waals surface area contributed by atoms with E-state index in [0.717, 1.165) is 0 Å². The van der Waals surface area contributed by atoms with Crippen LogP contribution in [0.1, 0.15) is 15.9 Å². The molecule has 2 aromatic rings. The molecule has 0 aliphatic carbocycles. The minimum Gasteiger partial charge on any atom is -0.503 e. The summed E-state index contributed by atoms with van der Waals surface area (Å²) in [5.74, 6) is -0.0885. The van der Waals surface area contributed by atoms with E-state index in [-0.39, 0.29) is 44.4 Å². The summed E-state index contributed by atoms with van der Waals surface area (Å²) in [6, 6.07) is 6.10. The number of halogens is 3. The molecule has 0 radical (unpaired) electrons. The van der Waals surface area contributed by atoms with E-state index in [2.05, 4.69) is 0 Å². The molecule has 0 saturated heterocycles. The van der Waals surface area contributed by atoms with Gasteiger partial charge in [0.25, 0.3) is 0 Å². The van der Waals surface area contributed by atoms with Gasteiger partial charge in [0.1, 0.15) is 0 Å². The van der Waals surface area contributed by atoms with Crippen LogP contribution in [-0.2, 0) is 0 Å². The molecule has 118 valence electrons. The Balaban J connectivity index is 2.07. The molecule has 0 spiro atoms. The smallest absolute Gasteiger partial charge is 0.233 e. The van der Waals surface area contributed by atoms with Gasteiger partial charge in [0, 0.05) is 0 Å². The number of methoxy groups -OCH3 is 1. The molecule has 1 heterocycles. The number of fused-ring (bicyclic) bond motifs is 1. The molecule has 0 bridgehead atoms. The molecule has 0 amide bonds. The fourth-order valence-electron chi connectivity index (χ4n) is 2.20. The van der Waals surface area contributed by atoms with E-state index >= 15 is 0 Å². The normalized spacial score (nSPS) is 14.8. The molecule has 0 saturated carbocycles. The number of ether oxygens (including phenoxy) is 2. The third-order valence-electron chi connectivity index (χ3n) is 3.29. The molecule has 2 aromatic carbocycles. The van der Waals surface area contributed by atoms with Crippen LogP contribution in [-0.4, -0.2) is 18.0 Å². The highest BCUT2D eigenvalue weighted by atomic mass is 35.5. The van der Waals surface area contributed by atoms with Gasteiger partial charge in [-0.15, -0.1) is 0 Å². The van der Waals surface area contributed by atoms with Crippen LogP contribution in [0.3, 0.4) is 0 Å². The van der Waals surface area contributed by atoms with Gasteiger partial charge in [0.15, 0.2) is 23.0 Å². The monoisotopic (exact) mass is 370 g/mol. The Morgan fingerprint density at radius 1 is 1.13 bits per heavy atom. The first kappa shape index (κ1) is 16.0. The summed E-state index contributed by atoms with van der Waals surface area (Å²) >= 11 is 18.0. The number of carbonyl (C=O) groups excluding carboxylic acids is 1. The van der Waals surface area contributed by atoms with E-state index in [1.807, 2.05) is 0 Å². The third-order valence-corrected chi connectivity index (χ3v) is 4.19. The van der Waals surface area contributed by atoms with Gasteiger partial charge in [-0.2, -0.15) is 0 Å². The van der Waals surface area contributed by atoms with Crippen molar-refractivity contribution in [2.45, 2.75) is 0 Å². The minimum atomic E-state index is -0.379. The van der Waals surface area contributed by atoms with Crippen molar-refractivity contribution in [2.24, 2.45) is 0 Å². The zero-order valence-corrected chi connectivity index (χ0v) is 14.0. The first-order valence-corrected chi connectivity index (χ1v) is 7.54. The quantitative estimate of drug-likeness (QED) is 0.757. The summed E-state index contributed by atoms with van der Waals surface area (Å²) in [6.45, 7) is 0. The molecule has 1 aliphatic rings. The Morgan fingerprint density at radius 2 is 1.83 bits per heavy atom. The minimum absolute atomic E-state index is 0.0545. The molecular formula is C16H9Cl3O4. The summed E-state index contributed by atoms with van der Waals surface area (Å²) in [7, 11) is 1.40. The maximum absolute atomic E-state index is 12.4. The van der Waals surface area contributed by atoms with Crippen LogP contribution in [0.4, 0.5) is 0 Å². The second kappa shape index (κ2) is 5.96. The highest BCUT2D eigenvalue weighted by Crippen LogP contribution is 2.42. The Labute approximate surface area is 146 Å². The number of hydrogen-bond acceptors (Lipinski definition) is 4. The highest BCUT2D eigenvalue weighted by molar-refractivity contribution is 6.39. The summed E-state index contributed by atoms with van der Waals surface area (Å²) in [6.07, 6.45) is 1.48. The highest BCUT2D eigenvalue weighted by Gasteiger charge is 2.32. The maximum Gasteiger partial charge on any atom is 0.233 e. The van der Waals surface area contributed by atoms with E-state index < -0.39 is 0 Å². The van der Waals surface area contributed by atoms with Crippen molar-refractivity contribution in [2.75, 3.05) is 7.11 Å². The fraction of sp³-hybridized carbons (Fsp3) is 0.0625. The van der Waals surface area contributed by atoms with Crippen molar-refractivity contribution in [3.63, 3.8) is 0 Å². The predicted octanol–water partition coefficient (Wildman–Crippen LogP) is 4.98. The van der Waals surface area contributed by atoms with Gasteiger partial charge < -0.3 is 14.6 Å². The summed E-state index contributed by atoms with van der Waals surface area (Å²) in [5.41, 5.74) is 0.746. The number of phenolic OH excluding ortho intramolecular Hbond substituents is 1. The zero-order chi connectivity index (χ0) is 16.7.